The van der Waals surface area contributed by atoms with E-state index in [1.165, 1.54) is 6.92 Å². The molecule has 0 saturated heterocycles. The topological polar surface area (TPSA) is 110 Å². The normalized spacial score (nSPS) is 13.8. The van der Waals surface area contributed by atoms with Crippen molar-refractivity contribution < 1.29 is 19.1 Å². The van der Waals surface area contributed by atoms with Crippen molar-refractivity contribution >= 4 is 31.4 Å². The predicted molar refractivity (Wildman–Crippen MR) is 74.8 cm³/mol. The Morgan fingerprint density at radius 3 is 2.85 bits per heavy atom. The number of nitrogens with zero attached hydrogens (tertiary/aromatic N) is 4. The molecule has 0 aliphatic carbocycles. The highest BCUT2D eigenvalue weighted by Crippen LogP contribution is 2.41. The van der Waals surface area contributed by atoms with Gasteiger partial charge in [0.2, 0.25) is 0 Å². The average molecular weight is 318 g/mol. The molecule has 0 aromatic carbocycles. The summed E-state index contributed by atoms with van der Waals surface area (Å²) in [5.41, 5.74) is 2.02. The van der Waals surface area contributed by atoms with E-state index in [1.807, 2.05) is 6.92 Å². The first-order valence-electron chi connectivity index (χ1n) is 5.84. The fourth-order valence-electron chi connectivity index (χ4n) is 1.65. The first-order valence-corrected chi connectivity index (χ1v) is 7.97. The first-order chi connectivity index (χ1) is 9.29. The van der Waals surface area contributed by atoms with Gasteiger partial charge in [0.05, 0.1) is 18.6 Å². The summed E-state index contributed by atoms with van der Waals surface area (Å²) >= 11 is 4.12. The van der Waals surface area contributed by atoms with Crippen molar-refractivity contribution in [2.75, 3.05) is 6.61 Å². The predicted octanol–water partition coefficient (Wildman–Crippen LogP) is 0.964. The van der Waals surface area contributed by atoms with Gasteiger partial charge in [-0.15, -0.1) is 12.6 Å². The van der Waals surface area contributed by atoms with Crippen LogP contribution in [0.3, 0.4) is 0 Å². The molecule has 0 amide bonds. The van der Waals surface area contributed by atoms with Gasteiger partial charge in [-0.3, -0.25) is 4.57 Å². The molecule has 2 aromatic heterocycles. The van der Waals surface area contributed by atoms with E-state index in [1.54, 1.807) is 10.9 Å². The van der Waals surface area contributed by atoms with Crippen LogP contribution in [-0.2, 0) is 15.8 Å². The molecule has 110 valence electrons. The summed E-state index contributed by atoms with van der Waals surface area (Å²) in [6.45, 7) is 3.67. The van der Waals surface area contributed by atoms with Gasteiger partial charge >= 0.3 is 7.60 Å². The third kappa shape index (κ3) is 3.36. The lowest BCUT2D eigenvalue weighted by atomic mass is 10.4. The van der Waals surface area contributed by atoms with E-state index >= 15 is 0 Å². The molecule has 1 unspecified atom stereocenters. The Bertz CT molecular complexity index is 671. The fourth-order valence-corrected chi connectivity index (χ4v) is 2.20. The summed E-state index contributed by atoms with van der Waals surface area (Å²) in [5.74, 6) is -1.13. The van der Waals surface area contributed by atoms with Gasteiger partial charge in [-0.1, -0.05) is 0 Å². The largest absolute Gasteiger partial charge is 0.364 e. The van der Waals surface area contributed by atoms with Crippen molar-refractivity contribution in [2.45, 2.75) is 31.4 Å². The van der Waals surface area contributed by atoms with Crippen molar-refractivity contribution in [1.82, 2.24) is 19.5 Å². The van der Waals surface area contributed by atoms with Crippen molar-refractivity contribution in [3.05, 3.63) is 12.0 Å². The minimum absolute atomic E-state index is 0.142. The fraction of sp³-hybridized carbons (Fsp3) is 0.500. The van der Waals surface area contributed by atoms with Crippen molar-refractivity contribution in [3.63, 3.8) is 0 Å². The maximum absolute atomic E-state index is 10.9. The highest BCUT2D eigenvalue weighted by Gasteiger charge is 2.24. The van der Waals surface area contributed by atoms with E-state index in [-0.39, 0.29) is 6.61 Å². The van der Waals surface area contributed by atoms with E-state index in [4.69, 9.17) is 14.5 Å². The number of rotatable bonds is 5. The molecule has 0 bridgehead atoms. The van der Waals surface area contributed by atoms with E-state index in [9.17, 15) is 4.57 Å². The zero-order valence-corrected chi connectivity index (χ0v) is 12.8. The third-order valence-corrected chi connectivity index (χ3v) is 4.09. The number of hydrogen-bond donors (Lipinski definition) is 3. The van der Waals surface area contributed by atoms with Gasteiger partial charge < -0.3 is 19.1 Å². The van der Waals surface area contributed by atoms with Gasteiger partial charge in [0.1, 0.15) is 5.52 Å². The summed E-state index contributed by atoms with van der Waals surface area (Å²) < 4.78 is 17.8. The maximum atomic E-state index is 10.9. The van der Waals surface area contributed by atoms with E-state index < -0.39 is 13.4 Å². The Labute approximate surface area is 120 Å². The number of fused-ring (bicyclic) bond motifs is 1. The SMILES string of the molecule is Cc1nc(S)nc2c1ncn2CCOC(C)P(=O)(O)O. The molecule has 0 radical (unpaired) electrons. The molecular formula is C10H15N4O4PS. The van der Waals surface area contributed by atoms with Gasteiger partial charge in [0, 0.05) is 6.54 Å². The molecule has 0 spiro atoms. The zero-order chi connectivity index (χ0) is 14.9. The summed E-state index contributed by atoms with van der Waals surface area (Å²) in [6, 6.07) is 0. The standard InChI is InChI=1S/C10H15N4O4PS/c1-6-8-9(13-10(20)12-6)14(5-11-8)3-4-18-7(2)19(15,16)17/h5,7H,3-4H2,1-2H3,(H,12,13,20)(H2,15,16,17). The summed E-state index contributed by atoms with van der Waals surface area (Å²) in [7, 11) is -4.21. The molecule has 10 heteroatoms. The molecule has 0 aliphatic heterocycles. The number of imidazole rings is 1. The molecule has 2 aromatic rings. The molecule has 0 fully saturated rings. The van der Waals surface area contributed by atoms with Crippen LogP contribution in [0.1, 0.15) is 12.6 Å². The highest BCUT2D eigenvalue weighted by atomic mass is 32.1. The summed E-state index contributed by atoms with van der Waals surface area (Å²) in [4.78, 5) is 30.3. The summed E-state index contributed by atoms with van der Waals surface area (Å²) in [5, 5.41) is 0.348. The molecule has 2 N–H and O–H groups in total. The van der Waals surface area contributed by atoms with Gasteiger partial charge in [0.15, 0.2) is 16.6 Å². The third-order valence-electron chi connectivity index (χ3n) is 2.79. The minimum Gasteiger partial charge on any atom is -0.364 e. The molecule has 20 heavy (non-hydrogen) atoms. The minimum atomic E-state index is -4.21. The molecule has 2 rings (SSSR count). The number of ether oxygens (including phenoxy) is 1. The quantitative estimate of drug-likeness (QED) is 0.428. The lowest BCUT2D eigenvalue weighted by Crippen LogP contribution is -2.13. The molecular weight excluding hydrogens is 303 g/mol. The second kappa shape index (κ2) is 5.79. The van der Waals surface area contributed by atoms with Crippen LogP contribution < -0.4 is 0 Å². The van der Waals surface area contributed by atoms with Crippen LogP contribution in [0.4, 0.5) is 0 Å². The van der Waals surface area contributed by atoms with Crippen molar-refractivity contribution in [1.29, 1.82) is 0 Å². The van der Waals surface area contributed by atoms with Crippen molar-refractivity contribution in [2.24, 2.45) is 0 Å². The number of aryl methyl sites for hydroxylation is 1. The Kier molecular flexibility index (Phi) is 4.46. The Hall–Kier alpha value is -0.990. The first kappa shape index (κ1) is 15.4. The van der Waals surface area contributed by atoms with E-state index in [0.717, 1.165) is 5.69 Å². The van der Waals surface area contributed by atoms with Crippen LogP contribution in [0, 0.1) is 6.92 Å². The van der Waals surface area contributed by atoms with Crippen molar-refractivity contribution in [3.8, 4) is 0 Å². The molecule has 0 saturated carbocycles. The smallest absolute Gasteiger partial charge is 0.353 e. The zero-order valence-electron chi connectivity index (χ0n) is 11.0. The molecule has 8 nitrogen and oxygen atoms in total. The Morgan fingerprint density at radius 2 is 2.20 bits per heavy atom. The van der Waals surface area contributed by atoms with Crippen LogP contribution in [-0.4, -0.2) is 41.8 Å². The van der Waals surface area contributed by atoms with Gasteiger partial charge in [-0.05, 0) is 13.8 Å². The number of aromatic nitrogens is 4. The van der Waals surface area contributed by atoms with Crippen LogP contribution in [0.25, 0.3) is 11.2 Å². The number of thiol groups is 1. The van der Waals surface area contributed by atoms with Crippen LogP contribution in [0.5, 0.6) is 0 Å². The lowest BCUT2D eigenvalue weighted by molar-refractivity contribution is 0.0910. The van der Waals surface area contributed by atoms with Crippen LogP contribution in [0.2, 0.25) is 0 Å². The summed E-state index contributed by atoms with van der Waals surface area (Å²) in [6.07, 6.45) is 1.59. The van der Waals surface area contributed by atoms with E-state index in [0.29, 0.717) is 22.9 Å². The Morgan fingerprint density at radius 1 is 1.50 bits per heavy atom. The van der Waals surface area contributed by atoms with Crippen LogP contribution >= 0.6 is 20.2 Å². The molecule has 0 aliphatic rings. The monoisotopic (exact) mass is 318 g/mol. The lowest BCUT2D eigenvalue weighted by Gasteiger charge is -2.14. The van der Waals surface area contributed by atoms with Gasteiger partial charge in [0.25, 0.3) is 0 Å². The second-order valence-corrected chi connectivity index (χ2v) is 6.58. The molecule has 1 atom stereocenters. The van der Waals surface area contributed by atoms with E-state index in [2.05, 4.69) is 27.6 Å². The number of hydrogen-bond acceptors (Lipinski definition) is 6. The second-order valence-electron chi connectivity index (χ2n) is 4.28. The average Bonchev–Trinajstić information content (AvgIpc) is 2.71. The maximum Gasteiger partial charge on any atom is 0.353 e. The van der Waals surface area contributed by atoms with Gasteiger partial charge in [-0.25, -0.2) is 15.0 Å². The van der Waals surface area contributed by atoms with Gasteiger partial charge in [-0.2, -0.15) is 0 Å². The highest BCUT2D eigenvalue weighted by molar-refractivity contribution is 7.80. The molecule has 2 heterocycles. The van der Waals surface area contributed by atoms with Crippen LogP contribution in [0.15, 0.2) is 11.5 Å². The Balaban J connectivity index is 2.10.